The molecule has 0 saturated carbocycles. The van der Waals surface area contributed by atoms with Crippen molar-refractivity contribution in [1.29, 1.82) is 0 Å². The molecule has 23 heavy (non-hydrogen) atoms. The lowest BCUT2D eigenvalue weighted by Gasteiger charge is -2.19. The van der Waals surface area contributed by atoms with E-state index in [2.05, 4.69) is 37.3 Å². The third kappa shape index (κ3) is 2.89. The van der Waals surface area contributed by atoms with E-state index in [0.717, 1.165) is 25.0 Å². The Labute approximate surface area is 138 Å². The second-order valence-electron chi connectivity index (χ2n) is 7.63. The van der Waals surface area contributed by atoms with Crippen molar-refractivity contribution in [2.45, 2.75) is 64.7 Å². The molecule has 3 rings (SSSR count). The van der Waals surface area contributed by atoms with Crippen molar-refractivity contribution in [3.05, 3.63) is 40.7 Å². The Hall–Kier alpha value is -1.77. The lowest BCUT2D eigenvalue weighted by atomic mass is 9.87. The Kier molecular flexibility index (Phi) is 4.22. The Morgan fingerprint density at radius 2 is 1.74 bits per heavy atom. The third-order valence-electron chi connectivity index (χ3n) is 5.00. The highest BCUT2D eigenvalue weighted by molar-refractivity contribution is 5.92. The van der Waals surface area contributed by atoms with E-state index >= 15 is 0 Å². The van der Waals surface area contributed by atoms with Crippen LogP contribution in [0.25, 0.3) is 5.52 Å². The molecule has 2 aromatic rings. The van der Waals surface area contributed by atoms with Crippen molar-refractivity contribution in [2.24, 2.45) is 0 Å². The van der Waals surface area contributed by atoms with Crippen LogP contribution in [0.5, 0.6) is 0 Å². The molecule has 0 aliphatic heterocycles. The molecular formula is C20H27NO2. The smallest absolute Gasteiger partial charge is 0.355 e. The van der Waals surface area contributed by atoms with Crippen LogP contribution in [0.15, 0.2) is 18.3 Å². The number of nitrogens with zero attached hydrogens (tertiary/aromatic N) is 1. The first-order valence-electron chi connectivity index (χ1n) is 8.68. The summed E-state index contributed by atoms with van der Waals surface area (Å²) in [4.78, 5) is 12.4. The van der Waals surface area contributed by atoms with Crippen molar-refractivity contribution in [1.82, 2.24) is 4.40 Å². The SMILES string of the molecule is COC(=O)c1c2c(c3cc(C(C)(C)C)ccn13)CCCCCC2. The maximum atomic E-state index is 12.4. The Morgan fingerprint density at radius 3 is 2.35 bits per heavy atom. The molecule has 0 bridgehead atoms. The van der Waals surface area contributed by atoms with Crippen molar-refractivity contribution >= 4 is 11.5 Å². The molecule has 0 N–H and O–H groups in total. The quantitative estimate of drug-likeness (QED) is 0.716. The molecule has 0 aromatic carbocycles. The van der Waals surface area contributed by atoms with Gasteiger partial charge < -0.3 is 9.14 Å². The highest BCUT2D eigenvalue weighted by Crippen LogP contribution is 2.32. The van der Waals surface area contributed by atoms with Crippen LogP contribution in [0.1, 0.15) is 73.6 Å². The number of methoxy groups -OCH3 is 1. The highest BCUT2D eigenvalue weighted by Gasteiger charge is 2.25. The van der Waals surface area contributed by atoms with Crippen LogP contribution in [-0.2, 0) is 23.0 Å². The van der Waals surface area contributed by atoms with Crippen LogP contribution in [0.3, 0.4) is 0 Å². The van der Waals surface area contributed by atoms with Gasteiger partial charge in [0.25, 0.3) is 0 Å². The number of fused-ring (bicyclic) bond motifs is 3. The number of aromatic nitrogens is 1. The summed E-state index contributed by atoms with van der Waals surface area (Å²) in [6.45, 7) is 6.69. The van der Waals surface area contributed by atoms with E-state index in [0.29, 0.717) is 0 Å². The number of aryl methyl sites for hydroxylation is 1. The number of carbonyl (C=O) groups is 1. The Balaban J connectivity index is 2.28. The van der Waals surface area contributed by atoms with Crippen molar-refractivity contribution in [3.8, 4) is 0 Å². The van der Waals surface area contributed by atoms with Crippen LogP contribution in [0.4, 0.5) is 0 Å². The normalized spacial score (nSPS) is 15.8. The summed E-state index contributed by atoms with van der Waals surface area (Å²) in [5.41, 5.74) is 5.91. The predicted molar refractivity (Wildman–Crippen MR) is 93.3 cm³/mol. The molecule has 2 aromatic heterocycles. The van der Waals surface area contributed by atoms with E-state index < -0.39 is 0 Å². The molecule has 0 unspecified atom stereocenters. The molecule has 3 heteroatoms. The van der Waals surface area contributed by atoms with Gasteiger partial charge in [-0.1, -0.05) is 33.6 Å². The summed E-state index contributed by atoms with van der Waals surface area (Å²) in [7, 11) is 1.47. The van der Waals surface area contributed by atoms with Gasteiger partial charge in [0.2, 0.25) is 0 Å². The van der Waals surface area contributed by atoms with Gasteiger partial charge in [-0.2, -0.15) is 0 Å². The zero-order valence-electron chi connectivity index (χ0n) is 14.7. The van der Waals surface area contributed by atoms with Gasteiger partial charge in [-0.05, 0) is 59.9 Å². The summed E-state index contributed by atoms with van der Waals surface area (Å²) in [5.74, 6) is -0.217. The fourth-order valence-electron chi connectivity index (χ4n) is 3.66. The fraction of sp³-hybridized carbons (Fsp3) is 0.550. The zero-order chi connectivity index (χ0) is 16.6. The topological polar surface area (TPSA) is 30.7 Å². The van der Waals surface area contributed by atoms with Gasteiger partial charge in [-0.15, -0.1) is 0 Å². The standard InChI is InChI=1S/C20H27NO2/c1-20(2,3)14-11-12-21-17(13-14)15-9-7-5-6-8-10-16(15)18(21)19(22)23-4/h11-13H,5-10H2,1-4H3. The first-order valence-corrected chi connectivity index (χ1v) is 8.68. The Bertz CT molecular complexity index is 734. The van der Waals surface area contributed by atoms with E-state index in [9.17, 15) is 4.79 Å². The minimum absolute atomic E-state index is 0.103. The van der Waals surface area contributed by atoms with E-state index in [4.69, 9.17) is 4.74 Å². The molecule has 0 atom stereocenters. The van der Waals surface area contributed by atoms with Gasteiger partial charge >= 0.3 is 5.97 Å². The van der Waals surface area contributed by atoms with Gasteiger partial charge in [0.15, 0.2) is 0 Å². The minimum Gasteiger partial charge on any atom is -0.464 e. The average Bonchev–Trinajstić information content (AvgIpc) is 2.77. The zero-order valence-corrected chi connectivity index (χ0v) is 14.7. The van der Waals surface area contributed by atoms with Crippen LogP contribution >= 0.6 is 0 Å². The van der Waals surface area contributed by atoms with Crippen molar-refractivity contribution in [3.63, 3.8) is 0 Å². The number of ether oxygens (including phenoxy) is 1. The van der Waals surface area contributed by atoms with E-state index in [1.807, 2.05) is 6.20 Å². The first-order chi connectivity index (χ1) is 10.9. The largest absolute Gasteiger partial charge is 0.464 e. The maximum absolute atomic E-state index is 12.4. The summed E-state index contributed by atoms with van der Waals surface area (Å²) in [5, 5.41) is 0. The maximum Gasteiger partial charge on any atom is 0.355 e. The molecule has 0 fully saturated rings. The molecule has 0 radical (unpaired) electrons. The number of hydrogen-bond acceptors (Lipinski definition) is 2. The highest BCUT2D eigenvalue weighted by atomic mass is 16.5. The number of esters is 1. The Morgan fingerprint density at radius 1 is 1.09 bits per heavy atom. The monoisotopic (exact) mass is 313 g/mol. The van der Waals surface area contributed by atoms with Gasteiger partial charge in [0.05, 0.1) is 7.11 Å². The molecular weight excluding hydrogens is 286 g/mol. The second-order valence-corrected chi connectivity index (χ2v) is 7.63. The lowest BCUT2D eigenvalue weighted by molar-refractivity contribution is 0.0591. The van der Waals surface area contributed by atoms with Gasteiger partial charge in [0, 0.05) is 11.7 Å². The fourth-order valence-corrected chi connectivity index (χ4v) is 3.66. The van der Waals surface area contributed by atoms with Crippen molar-refractivity contribution in [2.75, 3.05) is 7.11 Å². The van der Waals surface area contributed by atoms with Gasteiger partial charge in [0.1, 0.15) is 5.69 Å². The van der Waals surface area contributed by atoms with Crippen molar-refractivity contribution < 1.29 is 9.53 Å². The van der Waals surface area contributed by atoms with Crippen LogP contribution < -0.4 is 0 Å². The number of pyridine rings is 1. The summed E-state index contributed by atoms with van der Waals surface area (Å²) in [6, 6.07) is 4.40. The van der Waals surface area contributed by atoms with Crippen LogP contribution in [-0.4, -0.2) is 17.5 Å². The molecule has 0 amide bonds. The average molecular weight is 313 g/mol. The third-order valence-corrected chi connectivity index (χ3v) is 5.00. The first kappa shape index (κ1) is 16.1. The number of carbonyl (C=O) groups excluding carboxylic acids is 1. The molecule has 2 heterocycles. The van der Waals surface area contributed by atoms with Crippen LogP contribution in [0.2, 0.25) is 0 Å². The molecule has 1 aliphatic carbocycles. The molecule has 3 nitrogen and oxygen atoms in total. The van der Waals surface area contributed by atoms with E-state index in [-0.39, 0.29) is 11.4 Å². The predicted octanol–water partition coefficient (Wildman–Crippen LogP) is 4.68. The molecule has 0 spiro atoms. The summed E-state index contributed by atoms with van der Waals surface area (Å²) < 4.78 is 7.13. The number of hydrogen-bond donors (Lipinski definition) is 0. The molecule has 1 aliphatic rings. The minimum atomic E-state index is -0.217. The number of rotatable bonds is 1. The molecule has 0 saturated heterocycles. The van der Waals surface area contributed by atoms with Gasteiger partial charge in [-0.25, -0.2) is 4.79 Å². The second kappa shape index (κ2) is 6.03. The van der Waals surface area contributed by atoms with Crippen LogP contribution in [0, 0.1) is 0 Å². The van der Waals surface area contributed by atoms with E-state index in [1.165, 1.54) is 48.6 Å². The lowest BCUT2D eigenvalue weighted by Crippen LogP contribution is -2.12. The summed E-state index contributed by atoms with van der Waals surface area (Å²) >= 11 is 0. The summed E-state index contributed by atoms with van der Waals surface area (Å²) in [6.07, 6.45) is 8.97. The van der Waals surface area contributed by atoms with E-state index in [1.54, 1.807) is 0 Å². The van der Waals surface area contributed by atoms with Gasteiger partial charge in [-0.3, -0.25) is 0 Å². The molecule has 124 valence electrons.